The van der Waals surface area contributed by atoms with Crippen LogP contribution in [0.25, 0.3) is 0 Å². The Labute approximate surface area is 389 Å². The standard InChI is InChI=1S/C48H59ClN10O7/c1-10-65-40(61)20-19-35-27(2)42(51-28(35)3)36(60)23-30-11-13-33(14-12-30)53-45(63)55-38-24-31(26-50-38)48(8,9)21-22-59-43(49)41(29(4)57-59)44(62)52-32-15-17-34(18-16-32)54-46(64)56-39-25-37(66-58-39)47(5,6)7/h11,13-18,24-25,30,51H,10,12,19-23,26H2,1-9H3,(H,52,62)(H2,50,53,55,63)(H2,54,56,58,64). The first-order chi connectivity index (χ1) is 31.2. The van der Waals surface area contributed by atoms with Crippen molar-refractivity contribution < 1.29 is 33.2 Å². The molecule has 350 valence electrons. The van der Waals surface area contributed by atoms with Crippen molar-refractivity contribution in [3.05, 3.63) is 111 Å². The van der Waals surface area contributed by atoms with Crippen molar-refractivity contribution >= 4 is 64.4 Å². The number of amides is 5. The van der Waals surface area contributed by atoms with Crippen molar-refractivity contribution in [1.82, 2.24) is 30.6 Å². The second kappa shape index (κ2) is 20.6. The lowest BCUT2D eigenvalue weighted by Crippen LogP contribution is -2.38. The SMILES string of the molecule is CCOC(=O)CCc1c(C)[nH]c(C(=O)CC2C=CC(NC(=O)NC3=NCC(C(C)(C)CCn4nc(C)c(C(=O)Nc5ccc(NC(=O)Nc6cc(C(C)(C)C)on6)cc5)c4Cl)=C3)=CC2)c1C. The van der Waals surface area contributed by atoms with Gasteiger partial charge in [0, 0.05) is 53.6 Å². The molecule has 3 aromatic heterocycles. The van der Waals surface area contributed by atoms with Crippen LogP contribution in [0.2, 0.25) is 5.15 Å². The lowest BCUT2D eigenvalue weighted by atomic mass is 9.81. The van der Waals surface area contributed by atoms with Gasteiger partial charge in [-0.2, -0.15) is 5.10 Å². The highest BCUT2D eigenvalue weighted by atomic mass is 35.5. The average Bonchev–Trinajstić information content (AvgIpc) is 4.04. The van der Waals surface area contributed by atoms with Gasteiger partial charge in [-0.3, -0.25) is 34.7 Å². The number of carbonyl (C=O) groups is 5. The first-order valence-corrected chi connectivity index (χ1v) is 22.4. The maximum absolute atomic E-state index is 13.4. The maximum Gasteiger partial charge on any atom is 0.324 e. The minimum atomic E-state index is -0.496. The van der Waals surface area contributed by atoms with Gasteiger partial charge in [-0.1, -0.05) is 63.5 Å². The monoisotopic (exact) mass is 922 g/mol. The number of benzene rings is 1. The summed E-state index contributed by atoms with van der Waals surface area (Å²) >= 11 is 6.75. The van der Waals surface area contributed by atoms with Crippen molar-refractivity contribution in [2.24, 2.45) is 16.3 Å². The largest absolute Gasteiger partial charge is 0.466 e. The van der Waals surface area contributed by atoms with E-state index in [9.17, 15) is 24.0 Å². The molecule has 0 bridgehead atoms. The number of aromatic nitrogens is 4. The Morgan fingerprint density at radius 3 is 2.30 bits per heavy atom. The molecule has 4 aromatic rings. The first-order valence-electron chi connectivity index (χ1n) is 22.0. The topological polar surface area (TPSA) is 227 Å². The number of nitrogens with zero attached hydrogens (tertiary/aromatic N) is 4. The van der Waals surface area contributed by atoms with Crippen LogP contribution in [0.15, 0.2) is 75.4 Å². The van der Waals surface area contributed by atoms with E-state index in [2.05, 4.69) is 60.7 Å². The van der Waals surface area contributed by atoms with Crippen molar-refractivity contribution in [2.75, 3.05) is 29.1 Å². The fourth-order valence-corrected chi connectivity index (χ4v) is 7.99. The van der Waals surface area contributed by atoms with Gasteiger partial charge in [-0.15, -0.1) is 0 Å². The number of aromatic amines is 1. The number of esters is 1. The molecule has 17 nitrogen and oxygen atoms in total. The van der Waals surface area contributed by atoms with Crippen LogP contribution in [0, 0.1) is 32.1 Å². The summed E-state index contributed by atoms with van der Waals surface area (Å²) in [6.45, 7) is 18.6. The zero-order valence-corrected chi connectivity index (χ0v) is 39.7. The molecule has 6 N–H and O–H groups in total. The smallest absolute Gasteiger partial charge is 0.324 e. The Morgan fingerprint density at radius 2 is 1.65 bits per heavy atom. The Hall–Kier alpha value is -6.75. The molecule has 1 aliphatic carbocycles. The van der Waals surface area contributed by atoms with Gasteiger partial charge < -0.3 is 30.2 Å². The Kier molecular flexibility index (Phi) is 15.2. The molecule has 0 radical (unpaired) electrons. The summed E-state index contributed by atoms with van der Waals surface area (Å²) in [6.07, 6.45) is 9.78. The normalized spacial score (nSPS) is 14.8. The van der Waals surface area contributed by atoms with Crippen molar-refractivity contribution in [3.8, 4) is 0 Å². The predicted molar refractivity (Wildman–Crippen MR) is 254 cm³/mol. The highest BCUT2D eigenvalue weighted by Crippen LogP contribution is 2.34. The van der Waals surface area contributed by atoms with E-state index in [1.54, 1.807) is 54.9 Å². The number of carbonyl (C=O) groups excluding carboxylic acids is 5. The number of rotatable bonds is 16. The number of halogens is 1. The van der Waals surface area contributed by atoms with Crippen molar-refractivity contribution in [1.29, 1.82) is 0 Å². The second-order valence-electron chi connectivity index (χ2n) is 18.2. The molecule has 4 heterocycles. The second-order valence-corrected chi connectivity index (χ2v) is 18.5. The lowest BCUT2D eigenvalue weighted by Gasteiger charge is -2.26. The van der Waals surface area contributed by atoms with Crippen LogP contribution in [-0.4, -0.2) is 68.6 Å². The van der Waals surface area contributed by atoms with Crippen LogP contribution in [0.1, 0.15) is 116 Å². The number of aryl methyl sites for hydroxylation is 3. The third-order valence-corrected chi connectivity index (χ3v) is 12.0. The van der Waals surface area contributed by atoms with Crippen LogP contribution in [0.3, 0.4) is 0 Å². The van der Waals surface area contributed by atoms with E-state index in [0.717, 1.165) is 22.4 Å². The fraction of sp³-hybridized carbons (Fsp3) is 0.417. The molecule has 66 heavy (non-hydrogen) atoms. The summed E-state index contributed by atoms with van der Waals surface area (Å²) in [5.41, 5.74) is 6.03. The third kappa shape index (κ3) is 12.3. The number of aliphatic imine (C=N–C) groups is 1. The summed E-state index contributed by atoms with van der Waals surface area (Å²) < 4.78 is 12.0. The summed E-state index contributed by atoms with van der Waals surface area (Å²) in [4.78, 5) is 71.8. The number of ketones is 1. The van der Waals surface area contributed by atoms with Crippen LogP contribution in [-0.2, 0) is 27.9 Å². The van der Waals surface area contributed by atoms with Crippen molar-refractivity contribution in [3.63, 3.8) is 0 Å². The van der Waals surface area contributed by atoms with Gasteiger partial charge in [0.1, 0.15) is 16.7 Å². The fourth-order valence-electron chi connectivity index (χ4n) is 7.64. The molecule has 6 rings (SSSR count). The number of hydrogen-bond acceptors (Lipinski definition) is 10. The summed E-state index contributed by atoms with van der Waals surface area (Å²) in [5, 5.41) is 22.6. The van der Waals surface area contributed by atoms with E-state index in [1.807, 2.05) is 52.8 Å². The van der Waals surface area contributed by atoms with E-state index in [-0.39, 0.29) is 45.6 Å². The van der Waals surface area contributed by atoms with Gasteiger partial charge in [0.2, 0.25) is 0 Å². The van der Waals surface area contributed by atoms with Gasteiger partial charge in [0.15, 0.2) is 11.6 Å². The molecule has 0 saturated carbocycles. The van der Waals surface area contributed by atoms with Crippen LogP contribution in [0.4, 0.5) is 26.8 Å². The van der Waals surface area contributed by atoms with Gasteiger partial charge >= 0.3 is 18.0 Å². The maximum atomic E-state index is 13.4. The summed E-state index contributed by atoms with van der Waals surface area (Å²) in [5.74, 6) is 0.663. The number of nitrogens with one attached hydrogen (secondary N) is 6. The quantitative estimate of drug-likeness (QED) is 0.0464. The van der Waals surface area contributed by atoms with Crippen LogP contribution >= 0.6 is 11.6 Å². The number of anilines is 3. The van der Waals surface area contributed by atoms with Gasteiger partial charge in [0.05, 0.1) is 30.1 Å². The highest BCUT2D eigenvalue weighted by Gasteiger charge is 2.29. The molecule has 0 fully saturated rings. The molecule has 5 amide bonds. The lowest BCUT2D eigenvalue weighted by molar-refractivity contribution is -0.143. The molecule has 2 aliphatic rings. The number of H-pyrrole nitrogens is 1. The number of ether oxygens (including phenoxy) is 1. The molecule has 18 heteroatoms. The number of urea groups is 2. The molecular formula is C48H59ClN10O7. The average molecular weight is 924 g/mol. The van der Waals surface area contributed by atoms with E-state index in [1.165, 1.54) is 0 Å². The molecular weight excluding hydrogens is 864 g/mol. The van der Waals surface area contributed by atoms with Crippen molar-refractivity contribution in [2.45, 2.75) is 106 Å². The number of Topliss-reactive ketones (excluding diaryl/α,β-unsaturated/α-hetero) is 1. The first kappa shape index (κ1) is 48.7. The minimum absolute atomic E-state index is 0.00566. The van der Waals surface area contributed by atoms with Gasteiger partial charge in [-0.25, -0.2) is 9.59 Å². The zero-order valence-electron chi connectivity index (χ0n) is 39.0. The molecule has 0 spiro atoms. The number of hydrogen-bond donors (Lipinski definition) is 6. The Bertz CT molecular complexity index is 2620. The Balaban J connectivity index is 0.940. The van der Waals surface area contributed by atoms with Gasteiger partial charge in [0.25, 0.3) is 5.91 Å². The minimum Gasteiger partial charge on any atom is -0.466 e. The van der Waals surface area contributed by atoms with Gasteiger partial charge in [-0.05, 0) is 111 Å². The van der Waals surface area contributed by atoms with E-state index < -0.39 is 18.0 Å². The summed E-state index contributed by atoms with van der Waals surface area (Å²) in [6, 6.07) is 7.38. The van der Waals surface area contributed by atoms with E-state index >= 15 is 0 Å². The zero-order chi connectivity index (χ0) is 47.9. The van der Waals surface area contributed by atoms with E-state index in [4.69, 9.17) is 20.9 Å². The molecule has 0 saturated heterocycles. The third-order valence-electron chi connectivity index (χ3n) is 11.6. The summed E-state index contributed by atoms with van der Waals surface area (Å²) in [7, 11) is 0. The molecule has 1 atom stereocenters. The highest BCUT2D eigenvalue weighted by molar-refractivity contribution is 6.33. The molecule has 1 aliphatic heterocycles. The number of amidine groups is 1. The Morgan fingerprint density at radius 1 is 0.955 bits per heavy atom. The molecule has 1 unspecified atom stereocenters. The van der Waals surface area contributed by atoms with E-state index in [0.29, 0.717) is 91.3 Å². The van der Waals surface area contributed by atoms with Crippen LogP contribution in [0.5, 0.6) is 0 Å². The molecule has 1 aromatic carbocycles. The predicted octanol–water partition coefficient (Wildman–Crippen LogP) is 9.25. The number of allylic oxidation sites excluding steroid dienone is 3. The van der Waals surface area contributed by atoms with Crippen LogP contribution < -0.4 is 26.6 Å².